The summed E-state index contributed by atoms with van der Waals surface area (Å²) >= 11 is 0. The molecule has 3 aromatic rings. The summed E-state index contributed by atoms with van der Waals surface area (Å²) in [7, 11) is 0. The standard InChI is InChI=1S/C26H30N4O4/c1-3-33-15-18-9-11-20(12-10-18)28-29-13-22-21(19-7-5-4-6-8-19)14-30(25(22)27-16-29)26-24(32)23(31)17(2)34-26/h4-12,14,16-17,23-24,26,28,31-32H,3,13,15H2,1-2H3/t17-,23-,24-,26-/m1/s1. The maximum Gasteiger partial charge on any atom is 0.164 e. The molecule has 3 N–H and O–H groups in total. The van der Waals surface area contributed by atoms with Crippen LogP contribution in [-0.2, 0) is 22.6 Å². The SMILES string of the molecule is CCOCc1ccc(NN2C=Nc3c(c(-c4ccccc4)cn3[C@@H]3O[C@H](C)[C@@H](O)[C@H]3O)C2)cc1. The molecule has 0 aliphatic carbocycles. The molecule has 0 unspecified atom stereocenters. The van der Waals surface area contributed by atoms with E-state index >= 15 is 0 Å². The van der Waals surface area contributed by atoms with Gasteiger partial charge in [0.1, 0.15) is 24.4 Å². The Kier molecular flexibility index (Phi) is 6.38. The van der Waals surface area contributed by atoms with Crippen LogP contribution < -0.4 is 5.43 Å². The quantitative estimate of drug-likeness (QED) is 0.494. The van der Waals surface area contributed by atoms with Crippen LogP contribution in [0.4, 0.5) is 11.5 Å². The first-order valence-corrected chi connectivity index (χ1v) is 11.6. The van der Waals surface area contributed by atoms with Crippen LogP contribution in [0.5, 0.6) is 0 Å². The number of hydrazine groups is 1. The van der Waals surface area contributed by atoms with Crippen molar-refractivity contribution in [1.29, 1.82) is 0 Å². The average molecular weight is 463 g/mol. The van der Waals surface area contributed by atoms with Crippen molar-refractivity contribution >= 4 is 17.8 Å². The van der Waals surface area contributed by atoms with Crippen molar-refractivity contribution in [3.05, 3.63) is 71.9 Å². The van der Waals surface area contributed by atoms with Gasteiger partial charge in [-0.1, -0.05) is 42.5 Å². The lowest BCUT2D eigenvalue weighted by Gasteiger charge is -2.26. The first kappa shape index (κ1) is 22.6. The van der Waals surface area contributed by atoms with Crippen LogP contribution in [-0.4, -0.2) is 51.0 Å². The molecule has 5 rings (SSSR count). The average Bonchev–Trinajstić information content (AvgIpc) is 3.36. The fourth-order valence-electron chi connectivity index (χ4n) is 4.44. The number of aliphatic imine (C=N–C) groups is 1. The minimum absolute atomic E-state index is 0.463. The Labute approximate surface area is 199 Å². The Morgan fingerprint density at radius 2 is 1.85 bits per heavy atom. The van der Waals surface area contributed by atoms with Gasteiger partial charge in [-0.25, -0.2) is 4.99 Å². The van der Waals surface area contributed by atoms with Crippen LogP contribution >= 0.6 is 0 Å². The van der Waals surface area contributed by atoms with Gasteiger partial charge >= 0.3 is 0 Å². The van der Waals surface area contributed by atoms with Crippen LogP contribution in [0, 0.1) is 0 Å². The van der Waals surface area contributed by atoms with E-state index in [1.54, 1.807) is 13.3 Å². The van der Waals surface area contributed by atoms with Gasteiger partial charge in [0.25, 0.3) is 0 Å². The smallest absolute Gasteiger partial charge is 0.164 e. The number of ether oxygens (including phenoxy) is 2. The second-order valence-electron chi connectivity index (χ2n) is 8.65. The third-order valence-corrected chi connectivity index (χ3v) is 6.29. The molecule has 0 radical (unpaired) electrons. The fourth-order valence-corrected chi connectivity index (χ4v) is 4.44. The van der Waals surface area contributed by atoms with Gasteiger partial charge in [0, 0.05) is 23.9 Å². The van der Waals surface area contributed by atoms with Gasteiger partial charge in [-0.15, -0.1) is 0 Å². The molecule has 1 saturated heterocycles. The van der Waals surface area contributed by atoms with Crippen molar-refractivity contribution in [2.24, 2.45) is 4.99 Å². The van der Waals surface area contributed by atoms with E-state index in [-0.39, 0.29) is 0 Å². The van der Waals surface area contributed by atoms with Crippen LogP contribution in [0.15, 0.2) is 65.8 Å². The summed E-state index contributed by atoms with van der Waals surface area (Å²) in [6, 6.07) is 18.2. The Morgan fingerprint density at radius 3 is 2.53 bits per heavy atom. The molecule has 2 aromatic carbocycles. The fraction of sp³-hybridized carbons (Fsp3) is 0.346. The van der Waals surface area contributed by atoms with Gasteiger partial charge in [0.05, 0.1) is 24.9 Å². The number of hydrogen-bond acceptors (Lipinski definition) is 7. The Hall–Kier alpha value is -3.17. The number of aliphatic hydroxyl groups is 2. The lowest BCUT2D eigenvalue weighted by molar-refractivity contribution is -0.0308. The monoisotopic (exact) mass is 462 g/mol. The second-order valence-corrected chi connectivity index (χ2v) is 8.65. The van der Waals surface area contributed by atoms with Gasteiger partial charge in [-0.2, -0.15) is 0 Å². The molecule has 3 heterocycles. The van der Waals surface area contributed by atoms with E-state index in [4.69, 9.17) is 14.5 Å². The molecule has 0 saturated carbocycles. The topological polar surface area (TPSA) is 91.5 Å². The van der Waals surface area contributed by atoms with Gasteiger partial charge < -0.3 is 24.3 Å². The summed E-state index contributed by atoms with van der Waals surface area (Å²) in [4.78, 5) is 4.71. The molecule has 8 nitrogen and oxygen atoms in total. The van der Waals surface area contributed by atoms with Crippen LogP contribution in [0.3, 0.4) is 0 Å². The highest BCUT2D eigenvalue weighted by atomic mass is 16.6. The maximum absolute atomic E-state index is 10.6. The minimum Gasteiger partial charge on any atom is -0.388 e. The van der Waals surface area contributed by atoms with E-state index in [1.807, 2.05) is 65.2 Å². The number of aliphatic hydroxyl groups excluding tert-OH is 2. The molecule has 0 amide bonds. The summed E-state index contributed by atoms with van der Waals surface area (Å²) in [6.45, 7) is 5.60. The molecular weight excluding hydrogens is 432 g/mol. The van der Waals surface area contributed by atoms with Gasteiger partial charge in [0.2, 0.25) is 0 Å². The molecule has 34 heavy (non-hydrogen) atoms. The van der Waals surface area contributed by atoms with Crippen molar-refractivity contribution in [2.75, 3.05) is 12.0 Å². The van der Waals surface area contributed by atoms with Gasteiger partial charge in [-0.3, -0.25) is 10.4 Å². The molecule has 2 aliphatic heterocycles. The lowest BCUT2D eigenvalue weighted by atomic mass is 10.0. The molecule has 178 valence electrons. The lowest BCUT2D eigenvalue weighted by Crippen LogP contribution is -2.31. The van der Waals surface area contributed by atoms with E-state index in [1.165, 1.54) is 0 Å². The maximum atomic E-state index is 10.6. The molecule has 2 aliphatic rings. The van der Waals surface area contributed by atoms with E-state index in [0.717, 1.165) is 27.9 Å². The third-order valence-electron chi connectivity index (χ3n) is 6.29. The van der Waals surface area contributed by atoms with Crippen molar-refractivity contribution in [3.8, 4) is 11.1 Å². The summed E-state index contributed by atoms with van der Waals surface area (Å²) in [5.74, 6) is 0.717. The van der Waals surface area contributed by atoms with Gasteiger partial charge in [-0.05, 0) is 37.1 Å². The predicted octanol–water partition coefficient (Wildman–Crippen LogP) is 3.83. The highest BCUT2D eigenvalue weighted by Gasteiger charge is 2.42. The van der Waals surface area contributed by atoms with Crippen molar-refractivity contribution in [1.82, 2.24) is 9.58 Å². The molecule has 1 fully saturated rings. The van der Waals surface area contributed by atoms with Crippen LogP contribution in [0.1, 0.15) is 31.2 Å². The number of rotatable bonds is 7. The normalized spacial score (nSPS) is 23.8. The predicted molar refractivity (Wildman–Crippen MR) is 131 cm³/mol. The zero-order chi connectivity index (χ0) is 23.7. The highest BCUT2D eigenvalue weighted by Crippen LogP contribution is 2.41. The minimum atomic E-state index is -1.03. The van der Waals surface area contributed by atoms with Crippen LogP contribution in [0.2, 0.25) is 0 Å². The third kappa shape index (κ3) is 4.33. The zero-order valence-corrected chi connectivity index (χ0v) is 19.3. The molecule has 0 bridgehead atoms. The Bertz CT molecular complexity index is 1150. The van der Waals surface area contributed by atoms with Crippen molar-refractivity contribution in [3.63, 3.8) is 0 Å². The molecular formula is C26H30N4O4. The number of anilines is 1. The summed E-state index contributed by atoms with van der Waals surface area (Å²) in [5, 5.41) is 22.8. The highest BCUT2D eigenvalue weighted by molar-refractivity contribution is 5.77. The number of nitrogens with one attached hydrogen (secondary N) is 1. The summed E-state index contributed by atoms with van der Waals surface area (Å²) in [6.07, 6.45) is 0.557. The molecule has 4 atom stereocenters. The number of aromatic nitrogens is 1. The van der Waals surface area contributed by atoms with Crippen molar-refractivity contribution in [2.45, 2.75) is 51.5 Å². The van der Waals surface area contributed by atoms with Gasteiger partial charge in [0.15, 0.2) is 6.23 Å². The van der Waals surface area contributed by atoms with Crippen molar-refractivity contribution < 1.29 is 19.7 Å². The summed E-state index contributed by atoms with van der Waals surface area (Å²) in [5.41, 5.74) is 8.54. The van der Waals surface area contributed by atoms with E-state index in [9.17, 15) is 10.2 Å². The van der Waals surface area contributed by atoms with E-state index in [0.29, 0.717) is 25.6 Å². The van der Waals surface area contributed by atoms with E-state index in [2.05, 4.69) is 17.6 Å². The Morgan fingerprint density at radius 1 is 1.09 bits per heavy atom. The largest absolute Gasteiger partial charge is 0.388 e. The van der Waals surface area contributed by atoms with Crippen LogP contribution in [0.25, 0.3) is 11.1 Å². The zero-order valence-electron chi connectivity index (χ0n) is 19.3. The first-order valence-electron chi connectivity index (χ1n) is 11.6. The molecule has 0 spiro atoms. The summed E-state index contributed by atoms with van der Waals surface area (Å²) < 4.78 is 13.2. The molecule has 1 aromatic heterocycles. The number of fused-ring (bicyclic) bond motifs is 1. The first-order chi connectivity index (χ1) is 16.5. The van der Waals surface area contributed by atoms with E-state index < -0.39 is 24.5 Å². The number of benzene rings is 2. The number of hydrogen-bond donors (Lipinski definition) is 3. The second kappa shape index (κ2) is 9.60. The Balaban J connectivity index is 1.43. The number of nitrogens with zero attached hydrogens (tertiary/aromatic N) is 3. The molecule has 8 heteroatoms.